The number of nitrogens with zero attached hydrogens (tertiary/aromatic N) is 10. The zero-order chi connectivity index (χ0) is 26.8. The van der Waals surface area contributed by atoms with Crippen LogP contribution in [0.1, 0.15) is 33.9 Å². The number of hydrogen-bond acceptors (Lipinski definition) is 10. The van der Waals surface area contributed by atoms with Crippen molar-refractivity contribution < 1.29 is 0 Å². The topological polar surface area (TPSA) is 194 Å². The number of aromatic nitrogens is 4. The van der Waals surface area contributed by atoms with E-state index in [1.54, 1.807) is 24.3 Å². The van der Waals surface area contributed by atoms with Crippen molar-refractivity contribution >= 4 is 33.4 Å². The van der Waals surface area contributed by atoms with E-state index in [0.717, 1.165) is 0 Å². The van der Waals surface area contributed by atoms with E-state index >= 15 is 0 Å². The van der Waals surface area contributed by atoms with E-state index in [9.17, 15) is 31.6 Å². The van der Waals surface area contributed by atoms with Gasteiger partial charge in [0.05, 0.1) is 11.1 Å². The molecule has 0 spiro atoms. The molecule has 2 heterocycles. The van der Waals surface area contributed by atoms with Gasteiger partial charge in [0.15, 0.2) is 11.6 Å². The minimum Gasteiger partial charge on any atom is -0.237 e. The fourth-order valence-corrected chi connectivity index (χ4v) is 4.54. The lowest BCUT2D eigenvalue weighted by molar-refractivity contribution is 1.13. The van der Waals surface area contributed by atoms with E-state index < -0.39 is 0 Å². The maximum absolute atomic E-state index is 10.2. The minimum absolute atomic E-state index is 0.111. The van der Waals surface area contributed by atoms with Gasteiger partial charge in [0, 0.05) is 58.2 Å². The normalized spacial score (nSPS) is 12.8. The van der Waals surface area contributed by atoms with Crippen molar-refractivity contribution in [1.29, 1.82) is 31.6 Å². The molecule has 170 valence electrons. The van der Waals surface area contributed by atoms with Gasteiger partial charge in [-0.3, -0.25) is 0 Å². The summed E-state index contributed by atoms with van der Waals surface area (Å²) in [6.45, 7) is 0. The molecule has 0 atom stereocenters. The summed E-state index contributed by atoms with van der Waals surface area (Å²) in [6.07, 6.45) is 5.88. The van der Waals surface area contributed by atoms with Crippen molar-refractivity contribution in [1.82, 2.24) is 19.9 Å². The number of nitriles is 6. The maximum Gasteiger partial charge on any atom is 0.161 e. The zero-order valence-corrected chi connectivity index (χ0v) is 19.1. The van der Waals surface area contributed by atoms with E-state index in [1.807, 2.05) is 24.3 Å². The smallest absolute Gasteiger partial charge is 0.161 e. The van der Waals surface area contributed by atoms with Gasteiger partial charge in [-0.1, -0.05) is 0 Å². The zero-order valence-electron chi connectivity index (χ0n) is 19.1. The molecule has 0 saturated heterocycles. The summed E-state index contributed by atoms with van der Waals surface area (Å²) in [7, 11) is 0. The average Bonchev–Trinajstić information content (AvgIpc) is 3.46. The van der Waals surface area contributed by atoms with Crippen molar-refractivity contribution in [2.75, 3.05) is 0 Å². The first kappa shape index (κ1) is 23.0. The highest BCUT2D eigenvalue weighted by atomic mass is 14.9. The van der Waals surface area contributed by atoms with Gasteiger partial charge in [-0.05, 0) is 35.4 Å². The fraction of sp³-hybridized carbons (Fsp3) is 0. The van der Waals surface area contributed by atoms with Crippen LogP contribution in [-0.2, 0) is 0 Å². The third-order valence-electron chi connectivity index (χ3n) is 5.98. The number of benzene rings is 1. The Morgan fingerprint density at radius 3 is 1.16 bits per heavy atom. The van der Waals surface area contributed by atoms with Gasteiger partial charge in [0.2, 0.25) is 0 Å². The Morgan fingerprint density at radius 1 is 0.500 bits per heavy atom. The van der Waals surface area contributed by atoms with Crippen LogP contribution in [-0.4, -0.2) is 19.9 Å². The van der Waals surface area contributed by atoms with Gasteiger partial charge in [0.25, 0.3) is 0 Å². The SMILES string of the molecule is N#CC(C#N)=C1C(c2ncccn2)=C(C#N)c2cc3c(cc21)C(=C(C#N)C#N)C(c1ncccn1)=C3C#N. The lowest BCUT2D eigenvalue weighted by atomic mass is 9.91. The second kappa shape index (κ2) is 9.14. The summed E-state index contributed by atoms with van der Waals surface area (Å²) in [5, 5.41) is 59.4. The number of hydrogen-bond donors (Lipinski definition) is 0. The molecule has 0 bridgehead atoms. The van der Waals surface area contributed by atoms with Crippen LogP contribution < -0.4 is 0 Å². The molecule has 1 aromatic carbocycles. The molecule has 38 heavy (non-hydrogen) atoms. The Labute approximate surface area is 215 Å². The highest BCUT2D eigenvalue weighted by molar-refractivity contribution is 6.29. The highest BCUT2D eigenvalue weighted by Crippen LogP contribution is 2.53. The van der Waals surface area contributed by atoms with Crippen molar-refractivity contribution in [3.63, 3.8) is 0 Å². The van der Waals surface area contributed by atoms with Crippen molar-refractivity contribution in [2.24, 2.45) is 0 Å². The van der Waals surface area contributed by atoms with Gasteiger partial charge in [-0.25, -0.2) is 19.9 Å². The third-order valence-corrected chi connectivity index (χ3v) is 5.98. The Hall–Kier alpha value is -6.72. The Bertz CT molecular complexity index is 1780. The molecule has 3 aromatic rings. The van der Waals surface area contributed by atoms with Crippen LogP contribution in [0, 0.1) is 68.0 Å². The molecule has 0 N–H and O–H groups in total. The van der Waals surface area contributed by atoms with Gasteiger partial charge >= 0.3 is 0 Å². The van der Waals surface area contributed by atoms with Crippen LogP contribution in [0.15, 0.2) is 60.2 Å². The quantitative estimate of drug-likeness (QED) is 0.483. The molecule has 5 rings (SSSR count). The van der Waals surface area contributed by atoms with Crippen LogP contribution in [0.4, 0.5) is 0 Å². The minimum atomic E-state index is -0.275. The first-order valence-electron chi connectivity index (χ1n) is 10.8. The summed E-state index contributed by atoms with van der Waals surface area (Å²) >= 11 is 0. The summed E-state index contributed by atoms with van der Waals surface area (Å²) < 4.78 is 0. The third kappa shape index (κ3) is 3.22. The van der Waals surface area contributed by atoms with Crippen LogP contribution in [0.25, 0.3) is 33.4 Å². The lowest BCUT2D eigenvalue weighted by Crippen LogP contribution is -1.98. The summed E-state index contributed by atoms with van der Waals surface area (Å²) in [6, 6.07) is 18.1. The monoisotopic (exact) mass is 484 g/mol. The Balaban J connectivity index is 1.95. The molecule has 0 saturated carbocycles. The highest BCUT2D eigenvalue weighted by Gasteiger charge is 2.38. The standard InChI is InChI=1S/C28H8N10/c29-9-15(10-30)23-19-8-20-18(7-17(19)21(13-33)25(23)27-35-3-1-4-36-27)22(14-34)26(24(20)16(11-31)12-32)28-37-5-2-6-38-28/h1-8H. The average molecular weight is 484 g/mol. The molecule has 0 fully saturated rings. The second-order valence-electron chi connectivity index (χ2n) is 7.76. The lowest BCUT2D eigenvalue weighted by Gasteiger charge is -2.10. The van der Waals surface area contributed by atoms with Gasteiger partial charge in [0.1, 0.15) is 47.6 Å². The number of fused-ring (bicyclic) bond motifs is 2. The predicted octanol–water partition coefficient (Wildman–Crippen LogP) is 3.76. The van der Waals surface area contributed by atoms with Crippen molar-refractivity contribution in [2.45, 2.75) is 0 Å². The van der Waals surface area contributed by atoms with Crippen LogP contribution in [0.2, 0.25) is 0 Å². The van der Waals surface area contributed by atoms with E-state index in [1.165, 1.54) is 24.8 Å². The molecule has 0 unspecified atom stereocenters. The molecule has 0 amide bonds. The van der Waals surface area contributed by atoms with Crippen molar-refractivity contribution in [3.8, 4) is 36.4 Å². The Morgan fingerprint density at radius 2 is 0.842 bits per heavy atom. The molecule has 10 nitrogen and oxygen atoms in total. The number of rotatable bonds is 2. The number of allylic oxidation sites excluding steroid dienone is 8. The van der Waals surface area contributed by atoms with Crippen molar-refractivity contribution in [3.05, 3.63) is 94.1 Å². The molecule has 10 heteroatoms. The summed E-state index contributed by atoms with van der Waals surface area (Å²) in [4.78, 5) is 16.9. The second-order valence-corrected chi connectivity index (χ2v) is 7.76. The molecule has 2 aromatic heterocycles. The van der Waals surface area contributed by atoms with E-state index in [4.69, 9.17) is 0 Å². The molecule has 0 radical (unpaired) electrons. The van der Waals surface area contributed by atoms with Gasteiger partial charge in [-0.2, -0.15) is 31.6 Å². The Kier molecular flexibility index (Phi) is 5.55. The molecule has 2 aliphatic carbocycles. The predicted molar refractivity (Wildman–Crippen MR) is 132 cm³/mol. The maximum atomic E-state index is 10.2. The first-order valence-corrected chi connectivity index (χ1v) is 10.8. The largest absolute Gasteiger partial charge is 0.237 e. The van der Waals surface area contributed by atoms with E-state index in [-0.39, 0.29) is 56.2 Å². The van der Waals surface area contributed by atoms with E-state index in [2.05, 4.69) is 32.1 Å². The van der Waals surface area contributed by atoms with Gasteiger partial charge in [-0.15, -0.1) is 0 Å². The molecular weight excluding hydrogens is 476 g/mol. The first-order chi connectivity index (χ1) is 18.6. The van der Waals surface area contributed by atoms with Gasteiger partial charge < -0.3 is 0 Å². The van der Waals surface area contributed by atoms with Crippen LogP contribution in [0.3, 0.4) is 0 Å². The van der Waals surface area contributed by atoms with Crippen LogP contribution in [0.5, 0.6) is 0 Å². The molecule has 0 aliphatic heterocycles. The summed E-state index contributed by atoms with van der Waals surface area (Å²) in [5.41, 5.74) is 1.74. The molecular formula is C28H8N10. The van der Waals surface area contributed by atoms with Crippen LogP contribution >= 0.6 is 0 Å². The fourth-order valence-electron chi connectivity index (χ4n) is 4.54. The summed E-state index contributed by atoms with van der Waals surface area (Å²) in [5.74, 6) is 0.275. The van der Waals surface area contributed by atoms with E-state index in [0.29, 0.717) is 22.3 Å². The molecule has 2 aliphatic rings.